The minimum atomic E-state index is -1.30. The number of hydrogen-bond donors (Lipinski definition) is 1. The maximum Gasteiger partial charge on any atom is 0.253 e. The first kappa shape index (κ1) is 26.9. The third-order valence-corrected chi connectivity index (χ3v) is 8.70. The van der Waals surface area contributed by atoms with Gasteiger partial charge in [-0.1, -0.05) is 55.0 Å². The van der Waals surface area contributed by atoms with Crippen LogP contribution in [0.25, 0.3) is 0 Å². The lowest BCUT2D eigenvalue weighted by Gasteiger charge is -2.37. The Labute approximate surface area is 228 Å². The zero-order valence-corrected chi connectivity index (χ0v) is 23.0. The lowest BCUT2D eigenvalue weighted by atomic mass is 9.74. The van der Waals surface area contributed by atoms with Crippen LogP contribution in [0.4, 0.5) is 5.69 Å². The first-order valence-electron chi connectivity index (χ1n) is 13.5. The summed E-state index contributed by atoms with van der Waals surface area (Å²) in [5.74, 6) is -2.25. The summed E-state index contributed by atoms with van der Waals surface area (Å²) in [4.78, 5) is 47.7. The fraction of sp³-hybridized carbons (Fsp3) is 0.552. The fourth-order valence-corrected chi connectivity index (χ4v) is 7.17. The molecule has 0 bridgehead atoms. The number of aliphatic hydroxyl groups excluding tert-OH is 1. The van der Waals surface area contributed by atoms with Crippen molar-refractivity contribution in [1.29, 1.82) is 0 Å². The van der Waals surface area contributed by atoms with Crippen molar-refractivity contribution in [3.05, 3.63) is 53.1 Å². The number of aliphatic hydroxyl groups is 1. The third kappa shape index (κ3) is 4.00. The van der Waals surface area contributed by atoms with Gasteiger partial charge in [-0.05, 0) is 44.7 Å². The van der Waals surface area contributed by atoms with Crippen LogP contribution >= 0.6 is 11.6 Å². The molecule has 1 aromatic rings. The molecule has 4 heterocycles. The molecule has 0 radical (unpaired) electrons. The Morgan fingerprint density at radius 2 is 1.79 bits per heavy atom. The van der Waals surface area contributed by atoms with Crippen molar-refractivity contribution in [2.24, 2.45) is 11.8 Å². The second kappa shape index (κ2) is 10.1. The van der Waals surface area contributed by atoms with Crippen LogP contribution in [-0.4, -0.2) is 82.7 Å². The Hall–Kier alpha value is -2.68. The van der Waals surface area contributed by atoms with Gasteiger partial charge in [0.05, 0.1) is 28.1 Å². The van der Waals surface area contributed by atoms with E-state index in [1.807, 2.05) is 57.2 Å². The molecule has 8 nitrogen and oxygen atoms in total. The number of carbonyl (C=O) groups is 3. The van der Waals surface area contributed by atoms with E-state index >= 15 is 0 Å². The van der Waals surface area contributed by atoms with Crippen LogP contribution in [0.15, 0.2) is 42.5 Å². The number of aryl methyl sites for hydroxylation is 1. The first-order chi connectivity index (χ1) is 18.2. The number of nitrogens with zero attached hydrogens (tertiary/aromatic N) is 3. The van der Waals surface area contributed by atoms with Crippen molar-refractivity contribution in [3.63, 3.8) is 0 Å². The summed E-state index contributed by atoms with van der Waals surface area (Å²) >= 11 is 6.59. The number of amides is 3. The van der Waals surface area contributed by atoms with E-state index in [4.69, 9.17) is 16.3 Å². The molecule has 204 valence electrons. The molecule has 4 aliphatic rings. The number of para-hydroxylation sites is 1. The van der Waals surface area contributed by atoms with E-state index in [0.717, 1.165) is 12.0 Å². The van der Waals surface area contributed by atoms with Gasteiger partial charge in [-0.15, -0.1) is 0 Å². The molecule has 1 unspecified atom stereocenters. The molecule has 2 fully saturated rings. The minimum absolute atomic E-state index is 0.00743. The Balaban J connectivity index is 1.64. The number of unbranched alkanes of at least 4 members (excludes halogenated alkanes) is 1. The number of halogens is 1. The number of likely N-dealkylation sites (tertiary alicyclic amines) is 1. The highest BCUT2D eigenvalue weighted by molar-refractivity contribution is 6.34. The third-order valence-electron chi connectivity index (χ3n) is 8.40. The zero-order chi connectivity index (χ0) is 27.2. The monoisotopic (exact) mass is 541 g/mol. The zero-order valence-electron chi connectivity index (χ0n) is 22.2. The second-order valence-electron chi connectivity index (χ2n) is 10.9. The lowest BCUT2D eigenvalue weighted by Crippen LogP contribution is -2.56. The maximum absolute atomic E-state index is 14.5. The van der Waals surface area contributed by atoms with Gasteiger partial charge in [0.2, 0.25) is 11.8 Å². The van der Waals surface area contributed by atoms with E-state index in [1.54, 1.807) is 20.8 Å². The number of ether oxygens (including phenoxy) is 1. The maximum atomic E-state index is 14.5. The molecule has 5 atom stereocenters. The van der Waals surface area contributed by atoms with E-state index in [2.05, 4.69) is 0 Å². The van der Waals surface area contributed by atoms with E-state index in [0.29, 0.717) is 36.6 Å². The van der Waals surface area contributed by atoms with E-state index < -0.39 is 29.1 Å². The highest BCUT2D eigenvalue weighted by atomic mass is 35.5. The van der Waals surface area contributed by atoms with Crippen LogP contribution < -0.4 is 4.90 Å². The molecular formula is C29H36ClN3O5. The van der Waals surface area contributed by atoms with Gasteiger partial charge in [0.1, 0.15) is 11.6 Å². The van der Waals surface area contributed by atoms with Crippen molar-refractivity contribution in [1.82, 2.24) is 9.80 Å². The van der Waals surface area contributed by atoms with Crippen molar-refractivity contribution in [2.75, 3.05) is 37.7 Å². The molecule has 9 heteroatoms. The molecule has 1 spiro atoms. The molecule has 5 rings (SSSR count). The van der Waals surface area contributed by atoms with Crippen LogP contribution in [-0.2, 0) is 19.1 Å². The van der Waals surface area contributed by atoms with Crippen LogP contribution in [0, 0.1) is 18.8 Å². The van der Waals surface area contributed by atoms with Crippen LogP contribution in [0.1, 0.15) is 38.7 Å². The summed E-state index contributed by atoms with van der Waals surface area (Å²) in [5.41, 5.74) is -0.877. The Morgan fingerprint density at radius 3 is 2.50 bits per heavy atom. The van der Waals surface area contributed by atoms with Gasteiger partial charge in [-0.2, -0.15) is 0 Å². The predicted octanol–water partition coefficient (Wildman–Crippen LogP) is 3.10. The smallest absolute Gasteiger partial charge is 0.253 e. The highest BCUT2D eigenvalue weighted by Gasteiger charge is 2.74. The van der Waals surface area contributed by atoms with Crippen molar-refractivity contribution >= 4 is 35.0 Å². The van der Waals surface area contributed by atoms with Gasteiger partial charge in [0.25, 0.3) is 5.91 Å². The van der Waals surface area contributed by atoms with Crippen molar-refractivity contribution in [3.8, 4) is 0 Å². The largest absolute Gasteiger partial charge is 0.396 e. The number of anilines is 1. The van der Waals surface area contributed by atoms with E-state index in [1.165, 1.54) is 0 Å². The molecule has 2 saturated heterocycles. The van der Waals surface area contributed by atoms with Gasteiger partial charge < -0.3 is 24.5 Å². The van der Waals surface area contributed by atoms with Crippen LogP contribution in [0.3, 0.4) is 0 Å². The van der Waals surface area contributed by atoms with Gasteiger partial charge in [-0.25, -0.2) is 0 Å². The number of fused-ring (bicyclic) bond motifs is 2. The van der Waals surface area contributed by atoms with Crippen LogP contribution in [0.2, 0.25) is 5.02 Å². The summed E-state index contributed by atoms with van der Waals surface area (Å²) in [5, 5.41) is 9.85. The Bertz CT molecular complexity index is 1180. The summed E-state index contributed by atoms with van der Waals surface area (Å²) < 4.78 is 6.83. The van der Waals surface area contributed by atoms with Crippen molar-refractivity contribution < 1.29 is 24.2 Å². The molecule has 38 heavy (non-hydrogen) atoms. The standard InChI is InChI=1S/C29H36ClN3O5/c1-4-14-31-15-8-12-28(3)21(25(31)35)22-26(36)33(16-5-6-18-34)24-27(37)32(17-9-13-29(22,24)38-28)23-19(2)10-7-11-20(23)30/h7-13,21-22,24,34H,4-6,14-18H2,1-3H3/t21-,22-,24?,28+,29-/m0/s1. The molecule has 0 aromatic heterocycles. The number of rotatable bonds is 7. The summed E-state index contributed by atoms with van der Waals surface area (Å²) in [6, 6.07) is 4.53. The molecule has 1 aromatic carbocycles. The molecular weight excluding hydrogens is 506 g/mol. The summed E-state index contributed by atoms with van der Waals surface area (Å²) in [7, 11) is 0. The lowest BCUT2D eigenvalue weighted by molar-refractivity contribution is -0.148. The molecule has 0 saturated carbocycles. The molecule has 1 N–H and O–H groups in total. The van der Waals surface area contributed by atoms with E-state index in [9.17, 15) is 19.5 Å². The topological polar surface area (TPSA) is 90.4 Å². The average Bonchev–Trinajstić information content (AvgIpc) is 3.14. The number of carbonyl (C=O) groups excluding carboxylic acids is 3. The van der Waals surface area contributed by atoms with Gasteiger partial charge in [0, 0.05) is 32.8 Å². The quantitative estimate of drug-likeness (QED) is 0.423. The van der Waals surface area contributed by atoms with Gasteiger partial charge in [-0.3, -0.25) is 14.4 Å². The summed E-state index contributed by atoms with van der Waals surface area (Å²) in [6.45, 7) is 7.37. The van der Waals surface area contributed by atoms with Crippen molar-refractivity contribution in [2.45, 2.75) is 57.3 Å². The fourth-order valence-electron chi connectivity index (χ4n) is 6.84. The normalized spacial score (nSPS) is 32.4. The average molecular weight is 542 g/mol. The second-order valence-corrected chi connectivity index (χ2v) is 11.3. The minimum Gasteiger partial charge on any atom is -0.396 e. The highest BCUT2D eigenvalue weighted by Crippen LogP contribution is 2.57. The number of benzene rings is 1. The first-order valence-corrected chi connectivity index (χ1v) is 13.9. The Kier molecular flexibility index (Phi) is 7.18. The SMILES string of the molecule is CCCN1CC=C[C@@]2(C)O[C@]34C=CCN(c5c(C)cccc5Cl)C(=O)C3N(CCCCO)C(=O)[C@@H]4[C@H]2C1=O. The molecule has 3 amide bonds. The molecule has 4 aliphatic heterocycles. The van der Waals surface area contributed by atoms with Gasteiger partial charge in [0.15, 0.2) is 0 Å². The predicted molar refractivity (Wildman–Crippen MR) is 145 cm³/mol. The van der Waals surface area contributed by atoms with E-state index in [-0.39, 0.29) is 37.4 Å². The molecule has 0 aliphatic carbocycles. The Morgan fingerprint density at radius 1 is 1.03 bits per heavy atom. The summed E-state index contributed by atoms with van der Waals surface area (Å²) in [6.07, 6.45) is 9.38. The van der Waals surface area contributed by atoms with Crippen LogP contribution in [0.5, 0.6) is 0 Å². The number of hydrogen-bond acceptors (Lipinski definition) is 5. The van der Waals surface area contributed by atoms with Gasteiger partial charge >= 0.3 is 0 Å².